The summed E-state index contributed by atoms with van der Waals surface area (Å²) >= 11 is 0. The van der Waals surface area contributed by atoms with Crippen LogP contribution in [0.3, 0.4) is 0 Å². The predicted octanol–water partition coefficient (Wildman–Crippen LogP) is 5.76. The molecule has 154 valence electrons. The average Bonchev–Trinajstić information content (AvgIpc) is 2.70. The number of allylic oxidation sites excluding steroid dienone is 2. The van der Waals surface area contributed by atoms with Gasteiger partial charge >= 0.3 is 0 Å². The normalized spacial score (nSPS) is 19.3. The molecule has 1 aromatic carbocycles. The minimum Gasteiger partial charge on any atom is -0.488 e. The topological polar surface area (TPSA) is 56.3 Å². The van der Waals surface area contributed by atoms with Crippen molar-refractivity contribution >= 4 is 17.6 Å². The molecule has 5 nitrogen and oxygen atoms in total. The maximum atomic E-state index is 6.41. The van der Waals surface area contributed by atoms with Crippen LogP contribution in [-0.2, 0) is 4.74 Å². The van der Waals surface area contributed by atoms with Crippen LogP contribution in [0.2, 0.25) is 0 Å². The lowest BCUT2D eigenvalue weighted by atomic mass is 9.95. The van der Waals surface area contributed by atoms with Gasteiger partial charge in [-0.1, -0.05) is 24.3 Å². The van der Waals surface area contributed by atoms with Gasteiger partial charge in [0.05, 0.1) is 17.5 Å². The zero-order chi connectivity index (χ0) is 20.8. The highest BCUT2D eigenvalue weighted by atomic mass is 16.5. The quantitative estimate of drug-likeness (QED) is 0.606. The average molecular weight is 394 g/mol. The zero-order valence-electron chi connectivity index (χ0n) is 17.9. The maximum Gasteiger partial charge on any atom is 0.143 e. The number of rotatable bonds is 7. The van der Waals surface area contributed by atoms with E-state index in [1.165, 1.54) is 0 Å². The molecule has 3 rings (SSSR count). The Balaban J connectivity index is 1.83. The molecule has 0 radical (unpaired) electrons. The Morgan fingerprint density at radius 3 is 2.76 bits per heavy atom. The molecule has 29 heavy (non-hydrogen) atoms. The number of methoxy groups -OCH3 is 1. The Morgan fingerprint density at radius 1 is 1.21 bits per heavy atom. The SMILES string of the molecule is C=C(C)/C=C\c1ncnc(Nc2ccc(C)cc2O[C@H]2CCC[C@@H](OC)C2)c1C. The molecule has 0 bridgehead atoms. The third kappa shape index (κ3) is 5.67. The molecule has 1 fully saturated rings. The molecule has 2 aromatic rings. The van der Waals surface area contributed by atoms with Gasteiger partial charge in [-0.25, -0.2) is 9.97 Å². The van der Waals surface area contributed by atoms with Gasteiger partial charge in [0.25, 0.3) is 0 Å². The number of aryl methyl sites for hydroxylation is 1. The second-order valence-electron chi connectivity index (χ2n) is 7.80. The van der Waals surface area contributed by atoms with Crippen LogP contribution < -0.4 is 10.1 Å². The van der Waals surface area contributed by atoms with E-state index in [4.69, 9.17) is 9.47 Å². The lowest BCUT2D eigenvalue weighted by molar-refractivity contribution is 0.0212. The highest BCUT2D eigenvalue weighted by Gasteiger charge is 2.24. The van der Waals surface area contributed by atoms with Crippen LogP contribution in [-0.4, -0.2) is 29.3 Å². The van der Waals surface area contributed by atoms with Crippen LogP contribution in [0.15, 0.2) is 42.8 Å². The third-order valence-corrected chi connectivity index (χ3v) is 5.24. The summed E-state index contributed by atoms with van der Waals surface area (Å²) in [6.07, 6.45) is 10.1. The molecule has 1 N–H and O–H groups in total. The van der Waals surface area contributed by atoms with Gasteiger partial charge in [0.15, 0.2) is 0 Å². The molecular weight excluding hydrogens is 362 g/mol. The van der Waals surface area contributed by atoms with Gasteiger partial charge in [-0.2, -0.15) is 0 Å². The number of nitrogens with zero attached hydrogens (tertiary/aromatic N) is 2. The summed E-state index contributed by atoms with van der Waals surface area (Å²) in [5.74, 6) is 1.62. The Morgan fingerprint density at radius 2 is 2.00 bits per heavy atom. The van der Waals surface area contributed by atoms with Crippen LogP contribution in [0.4, 0.5) is 11.5 Å². The summed E-state index contributed by atoms with van der Waals surface area (Å²) in [5.41, 5.74) is 4.90. The molecule has 2 atom stereocenters. The van der Waals surface area contributed by atoms with Crippen molar-refractivity contribution in [2.45, 2.75) is 58.7 Å². The molecule has 0 amide bonds. The summed E-state index contributed by atoms with van der Waals surface area (Å²) in [6, 6.07) is 6.20. The Kier molecular flexibility index (Phi) is 7.04. The highest BCUT2D eigenvalue weighted by molar-refractivity contribution is 5.69. The lowest BCUT2D eigenvalue weighted by Gasteiger charge is -2.29. The van der Waals surface area contributed by atoms with Crippen molar-refractivity contribution in [3.63, 3.8) is 0 Å². The summed E-state index contributed by atoms with van der Waals surface area (Å²) in [6.45, 7) is 9.95. The number of ether oxygens (including phenoxy) is 2. The van der Waals surface area contributed by atoms with Crippen molar-refractivity contribution in [2.24, 2.45) is 0 Å². The highest BCUT2D eigenvalue weighted by Crippen LogP contribution is 2.33. The fraction of sp³-hybridized carbons (Fsp3) is 0.417. The van der Waals surface area contributed by atoms with Crippen LogP contribution in [0, 0.1) is 13.8 Å². The Hall–Kier alpha value is -2.66. The molecule has 1 saturated carbocycles. The Bertz CT molecular complexity index is 892. The van der Waals surface area contributed by atoms with E-state index in [2.05, 4.69) is 40.9 Å². The van der Waals surface area contributed by atoms with Crippen LogP contribution in [0.5, 0.6) is 5.75 Å². The van der Waals surface area contributed by atoms with Gasteiger partial charge < -0.3 is 14.8 Å². The van der Waals surface area contributed by atoms with E-state index in [0.717, 1.165) is 65.3 Å². The van der Waals surface area contributed by atoms with Crippen molar-refractivity contribution in [2.75, 3.05) is 12.4 Å². The van der Waals surface area contributed by atoms with E-state index in [-0.39, 0.29) is 12.2 Å². The summed E-state index contributed by atoms with van der Waals surface area (Å²) < 4.78 is 12.0. The largest absolute Gasteiger partial charge is 0.488 e. The standard InChI is InChI=1S/C24H31N3O2/c1-16(2)9-11-21-18(4)24(26-15-25-21)27-22-12-10-17(3)13-23(22)29-20-8-6-7-19(14-20)28-5/h9-13,15,19-20H,1,6-8,14H2,2-5H3,(H,25,26,27)/b11-9-/t19-,20+/m1/s1. The zero-order valence-corrected chi connectivity index (χ0v) is 17.9. The fourth-order valence-corrected chi connectivity index (χ4v) is 3.54. The number of hydrogen-bond donors (Lipinski definition) is 1. The fourth-order valence-electron chi connectivity index (χ4n) is 3.54. The molecule has 1 aliphatic rings. The maximum absolute atomic E-state index is 6.41. The first-order valence-electron chi connectivity index (χ1n) is 10.2. The van der Waals surface area contributed by atoms with Gasteiger partial charge in [-0.05, 0) is 63.8 Å². The first-order chi connectivity index (χ1) is 14.0. The number of anilines is 2. The second kappa shape index (κ2) is 9.70. The third-order valence-electron chi connectivity index (χ3n) is 5.24. The molecule has 1 aromatic heterocycles. The second-order valence-corrected chi connectivity index (χ2v) is 7.80. The van der Waals surface area contributed by atoms with Crippen molar-refractivity contribution < 1.29 is 9.47 Å². The number of benzene rings is 1. The molecule has 0 saturated heterocycles. The van der Waals surface area contributed by atoms with Crippen LogP contribution in [0.1, 0.15) is 49.4 Å². The lowest BCUT2D eigenvalue weighted by Crippen LogP contribution is -2.29. The van der Waals surface area contributed by atoms with Gasteiger partial charge in [0, 0.05) is 19.1 Å². The minimum atomic E-state index is 0.164. The molecule has 0 aliphatic heterocycles. The summed E-state index contributed by atoms with van der Waals surface area (Å²) in [4.78, 5) is 8.82. The molecule has 1 heterocycles. The van der Waals surface area contributed by atoms with Crippen molar-refractivity contribution in [3.05, 3.63) is 59.6 Å². The van der Waals surface area contributed by atoms with E-state index in [1.807, 2.05) is 32.1 Å². The molecule has 0 unspecified atom stereocenters. The van der Waals surface area contributed by atoms with Gasteiger partial charge in [0.1, 0.15) is 24.0 Å². The summed E-state index contributed by atoms with van der Waals surface area (Å²) in [7, 11) is 1.78. The number of aromatic nitrogens is 2. The van der Waals surface area contributed by atoms with E-state index in [0.29, 0.717) is 0 Å². The van der Waals surface area contributed by atoms with Crippen molar-refractivity contribution in [1.82, 2.24) is 9.97 Å². The summed E-state index contributed by atoms with van der Waals surface area (Å²) in [5, 5.41) is 3.45. The van der Waals surface area contributed by atoms with Crippen LogP contribution in [0.25, 0.3) is 6.08 Å². The molecular formula is C24H31N3O2. The first-order valence-corrected chi connectivity index (χ1v) is 10.2. The van der Waals surface area contributed by atoms with E-state index in [1.54, 1.807) is 13.4 Å². The van der Waals surface area contributed by atoms with Gasteiger partial charge in [0.2, 0.25) is 0 Å². The van der Waals surface area contributed by atoms with Gasteiger partial charge in [-0.3, -0.25) is 0 Å². The van der Waals surface area contributed by atoms with E-state index < -0.39 is 0 Å². The molecule has 1 aliphatic carbocycles. The molecule has 0 spiro atoms. The van der Waals surface area contributed by atoms with Crippen LogP contribution >= 0.6 is 0 Å². The number of hydrogen-bond acceptors (Lipinski definition) is 5. The van der Waals surface area contributed by atoms with Crippen molar-refractivity contribution in [1.29, 1.82) is 0 Å². The number of nitrogens with one attached hydrogen (secondary N) is 1. The van der Waals surface area contributed by atoms with Crippen molar-refractivity contribution in [3.8, 4) is 5.75 Å². The predicted molar refractivity (Wildman–Crippen MR) is 119 cm³/mol. The first kappa shape index (κ1) is 21.1. The van der Waals surface area contributed by atoms with E-state index in [9.17, 15) is 0 Å². The Labute approximate surface area is 173 Å². The monoisotopic (exact) mass is 393 g/mol. The molecule has 5 heteroatoms. The van der Waals surface area contributed by atoms with Gasteiger partial charge in [-0.15, -0.1) is 0 Å². The smallest absolute Gasteiger partial charge is 0.143 e. The van der Waals surface area contributed by atoms with E-state index >= 15 is 0 Å². The minimum absolute atomic E-state index is 0.164.